The highest BCUT2D eigenvalue weighted by molar-refractivity contribution is 5.95. The molecule has 0 aliphatic carbocycles. The van der Waals surface area contributed by atoms with Gasteiger partial charge in [-0.25, -0.2) is 9.59 Å². The Morgan fingerprint density at radius 3 is 2.24 bits per heavy atom. The molecule has 21 heavy (non-hydrogen) atoms. The maximum Gasteiger partial charge on any atom is 0.338 e. The number of rotatable bonds is 5. The van der Waals surface area contributed by atoms with Crippen molar-refractivity contribution < 1.29 is 19.1 Å². The second kappa shape index (κ2) is 7.24. The Morgan fingerprint density at radius 2 is 1.57 bits per heavy atom. The molecule has 0 fully saturated rings. The molecule has 0 amide bonds. The molecule has 0 atom stereocenters. The number of hydrogen-bond donors (Lipinski definition) is 0. The number of methoxy groups -OCH3 is 1. The van der Waals surface area contributed by atoms with E-state index >= 15 is 0 Å². The lowest BCUT2D eigenvalue weighted by Crippen LogP contribution is -2.10. The lowest BCUT2D eigenvalue weighted by Gasteiger charge is -2.06. The molecule has 108 valence electrons. The fourth-order valence-electron chi connectivity index (χ4n) is 1.88. The van der Waals surface area contributed by atoms with Crippen molar-refractivity contribution in [3.05, 3.63) is 71.3 Å². The predicted molar refractivity (Wildman–Crippen MR) is 78.2 cm³/mol. The molecule has 0 heterocycles. The van der Waals surface area contributed by atoms with E-state index < -0.39 is 11.9 Å². The molecule has 0 spiro atoms. The molecule has 0 unspecified atom stereocenters. The van der Waals surface area contributed by atoms with Gasteiger partial charge >= 0.3 is 11.9 Å². The third-order valence-corrected chi connectivity index (χ3v) is 2.99. The van der Waals surface area contributed by atoms with Crippen LogP contribution in [0.25, 0.3) is 0 Å². The van der Waals surface area contributed by atoms with Gasteiger partial charge in [0.25, 0.3) is 0 Å². The van der Waals surface area contributed by atoms with Crippen LogP contribution in [0.3, 0.4) is 0 Å². The van der Waals surface area contributed by atoms with Gasteiger partial charge in [0.1, 0.15) is 0 Å². The number of carbonyl (C=O) groups is 2. The van der Waals surface area contributed by atoms with Crippen LogP contribution in [0.5, 0.6) is 0 Å². The first-order valence-corrected chi connectivity index (χ1v) is 6.60. The Hall–Kier alpha value is -2.62. The molecular formula is C17H16O4. The molecule has 2 rings (SSSR count). The normalized spacial score (nSPS) is 9.95. The summed E-state index contributed by atoms with van der Waals surface area (Å²) >= 11 is 0. The summed E-state index contributed by atoms with van der Waals surface area (Å²) in [6, 6.07) is 16.1. The van der Waals surface area contributed by atoms with Gasteiger partial charge in [-0.3, -0.25) is 0 Å². The van der Waals surface area contributed by atoms with Crippen molar-refractivity contribution in [3.8, 4) is 0 Å². The minimum atomic E-state index is -0.478. The van der Waals surface area contributed by atoms with E-state index in [0.29, 0.717) is 24.2 Å². The standard InChI is InChI=1S/C17H16O4/c1-20-16(18)14-8-5-9-15(12-14)17(19)21-11-10-13-6-3-2-4-7-13/h2-9,12H,10-11H2,1H3. The zero-order valence-corrected chi connectivity index (χ0v) is 11.7. The molecule has 4 heteroatoms. The fourth-order valence-corrected chi connectivity index (χ4v) is 1.88. The van der Waals surface area contributed by atoms with Crippen LogP contribution in [0.2, 0.25) is 0 Å². The van der Waals surface area contributed by atoms with E-state index in [0.717, 1.165) is 5.56 Å². The number of hydrogen-bond acceptors (Lipinski definition) is 4. The summed E-state index contributed by atoms with van der Waals surface area (Å²) in [5, 5.41) is 0. The van der Waals surface area contributed by atoms with Gasteiger partial charge in [-0.1, -0.05) is 36.4 Å². The van der Waals surface area contributed by atoms with Crippen LogP contribution in [-0.2, 0) is 15.9 Å². The quantitative estimate of drug-likeness (QED) is 0.792. The van der Waals surface area contributed by atoms with Crippen LogP contribution >= 0.6 is 0 Å². The van der Waals surface area contributed by atoms with Gasteiger partial charge in [0.2, 0.25) is 0 Å². The minimum Gasteiger partial charge on any atom is -0.465 e. The Morgan fingerprint density at radius 1 is 0.905 bits per heavy atom. The number of benzene rings is 2. The highest BCUT2D eigenvalue weighted by Crippen LogP contribution is 2.09. The highest BCUT2D eigenvalue weighted by atomic mass is 16.5. The average Bonchev–Trinajstić information content (AvgIpc) is 2.55. The van der Waals surface area contributed by atoms with Gasteiger partial charge in [0, 0.05) is 6.42 Å². The van der Waals surface area contributed by atoms with Crippen molar-refractivity contribution in [1.29, 1.82) is 0 Å². The van der Waals surface area contributed by atoms with E-state index in [1.807, 2.05) is 30.3 Å². The highest BCUT2D eigenvalue weighted by Gasteiger charge is 2.11. The Balaban J connectivity index is 1.93. The summed E-state index contributed by atoms with van der Waals surface area (Å²) in [5.41, 5.74) is 1.77. The van der Waals surface area contributed by atoms with E-state index in [2.05, 4.69) is 4.74 Å². The predicted octanol–water partition coefficient (Wildman–Crippen LogP) is 2.87. The van der Waals surface area contributed by atoms with E-state index in [1.54, 1.807) is 18.2 Å². The zero-order chi connectivity index (χ0) is 15.1. The molecule has 0 bridgehead atoms. The van der Waals surface area contributed by atoms with Gasteiger partial charge in [-0.2, -0.15) is 0 Å². The van der Waals surface area contributed by atoms with Crippen molar-refractivity contribution in [1.82, 2.24) is 0 Å². The largest absolute Gasteiger partial charge is 0.465 e. The van der Waals surface area contributed by atoms with Gasteiger partial charge in [-0.05, 0) is 23.8 Å². The third kappa shape index (κ3) is 4.18. The van der Waals surface area contributed by atoms with Crippen molar-refractivity contribution in [2.45, 2.75) is 6.42 Å². The van der Waals surface area contributed by atoms with E-state index in [-0.39, 0.29) is 0 Å². The average molecular weight is 284 g/mol. The molecule has 0 radical (unpaired) electrons. The molecule has 0 aliphatic heterocycles. The Kier molecular flexibility index (Phi) is 5.10. The smallest absolute Gasteiger partial charge is 0.338 e. The van der Waals surface area contributed by atoms with Gasteiger partial charge in [0.05, 0.1) is 24.8 Å². The first-order valence-electron chi connectivity index (χ1n) is 6.60. The molecule has 4 nitrogen and oxygen atoms in total. The van der Waals surface area contributed by atoms with Crippen LogP contribution in [0.1, 0.15) is 26.3 Å². The minimum absolute atomic E-state index is 0.297. The molecule has 0 N–H and O–H groups in total. The van der Waals surface area contributed by atoms with Crippen molar-refractivity contribution in [2.24, 2.45) is 0 Å². The summed E-state index contributed by atoms with van der Waals surface area (Å²) in [4.78, 5) is 23.3. The van der Waals surface area contributed by atoms with Gasteiger partial charge < -0.3 is 9.47 Å². The van der Waals surface area contributed by atoms with E-state index in [1.165, 1.54) is 13.2 Å². The van der Waals surface area contributed by atoms with Crippen LogP contribution in [-0.4, -0.2) is 25.7 Å². The Bertz CT molecular complexity index is 620. The van der Waals surface area contributed by atoms with Crippen LogP contribution in [0.4, 0.5) is 0 Å². The van der Waals surface area contributed by atoms with Gasteiger partial charge in [0.15, 0.2) is 0 Å². The molecule has 0 aliphatic rings. The second-order valence-electron chi connectivity index (χ2n) is 4.44. The van der Waals surface area contributed by atoms with E-state index in [4.69, 9.17) is 4.74 Å². The topological polar surface area (TPSA) is 52.6 Å². The number of esters is 2. The lowest BCUT2D eigenvalue weighted by molar-refractivity contribution is 0.0509. The summed E-state index contributed by atoms with van der Waals surface area (Å²) in [5.74, 6) is -0.925. The van der Waals surface area contributed by atoms with Crippen LogP contribution < -0.4 is 0 Å². The second-order valence-corrected chi connectivity index (χ2v) is 4.44. The first kappa shape index (κ1) is 14.8. The van der Waals surface area contributed by atoms with Crippen molar-refractivity contribution >= 4 is 11.9 Å². The molecule has 2 aromatic rings. The number of ether oxygens (including phenoxy) is 2. The molecule has 2 aromatic carbocycles. The van der Waals surface area contributed by atoms with Crippen LogP contribution in [0, 0.1) is 0 Å². The SMILES string of the molecule is COC(=O)c1cccc(C(=O)OCCc2ccccc2)c1. The first-order chi connectivity index (χ1) is 10.2. The molecular weight excluding hydrogens is 268 g/mol. The van der Waals surface area contributed by atoms with Crippen molar-refractivity contribution in [3.63, 3.8) is 0 Å². The molecule has 0 aromatic heterocycles. The fraction of sp³-hybridized carbons (Fsp3) is 0.176. The Labute approximate surface area is 123 Å². The molecule has 0 saturated heterocycles. The monoisotopic (exact) mass is 284 g/mol. The number of carbonyl (C=O) groups excluding carboxylic acids is 2. The summed E-state index contributed by atoms with van der Waals surface area (Å²) in [7, 11) is 1.30. The maximum absolute atomic E-state index is 11.9. The van der Waals surface area contributed by atoms with Crippen molar-refractivity contribution in [2.75, 3.05) is 13.7 Å². The summed E-state index contributed by atoms with van der Waals surface area (Å²) < 4.78 is 9.83. The van der Waals surface area contributed by atoms with Crippen LogP contribution in [0.15, 0.2) is 54.6 Å². The third-order valence-electron chi connectivity index (χ3n) is 2.99. The summed E-state index contributed by atoms with van der Waals surface area (Å²) in [6.45, 7) is 0.297. The zero-order valence-electron chi connectivity index (χ0n) is 11.7. The molecule has 0 saturated carbocycles. The van der Waals surface area contributed by atoms with Gasteiger partial charge in [-0.15, -0.1) is 0 Å². The van der Waals surface area contributed by atoms with E-state index in [9.17, 15) is 9.59 Å². The lowest BCUT2D eigenvalue weighted by atomic mass is 10.1. The summed E-state index contributed by atoms with van der Waals surface area (Å²) in [6.07, 6.45) is 0.656. The maximum atomic E-state index is 11.9.